The standard InChI is InChI=1S/C19H13F5N2O5S2/c20-12-13(21)15(23)17(16(24)14(12)22)33(30,31)4-3-10-7-5-26(19(29)8(7)6-32-10)9-1-2-11(27)25-18(9)28/h6,9H,1-5H2,(H,25,27,28). The maximum atomic E-state index is 13.9. The minimum absolute atomic E-state index is 0.0417. The number of rotatable bonds is 5. The van der Waals surface area contributed by atoms with Crippen LogP contribution in [-0.4, -0.2) is 42.8 Å². The number of carbonyl (C=O) groups is 3. The van der Waals surface area contributed by atoms with E-state index >= 15 is 0 Å². The number of carbonyl (C=O) groups excluding carboxylic acids is 3. The molecule has 1 unspecified atom stereocenters. The highest BCUT2D eigenvalue weighted by atomic mass is 32.2. The van der Waals surface area contributed by atoms with Crippen LogP contribution in [0.15, 0.2) is 10.3 Å². The summed E-state index contributed by atoms with van der Waals surface area (Å²) in [6.45, 7) is -0.0537. The van der Waals surface area contributed by atoms with Crippen LogP contribution in [0, 0.1) is 29.1 Å². The maximum Gasteiger partial charge on any atom is 0.256 e. The van der Waals surface area contributed by atoms with Crippen molar-refractivity contribution in [3.05, 3.63) is 50.5 Å². The number of hydrogen-bond acceptors (Lipinski definition) is 6. The Bertz CT molecular complexity index is 1300. The monoisotopic (exact) mass is 508 g/mol. The van der Waals surface area contributed by atoms with Gasteiger partial charge < -0.3 is 4.90 Å². The molecular weight excluding hydrogens is 495 g/mol. The Morgan fingerprint density at radius 3 is 2.21 bits per heavy atom. The zero-order valence-electron chi connectivity index (χ0n) is 16.4. The van der Waals surface area contributed by atoms with Crippen LogP contribution in [-0.2, 0) is 32.4 Å². The number of imide groups is 1. The Labute approximate surface area is 187 Å². The minimum Gasteiger partial charge on any atom is -0.322 e. The van der Waals surface area contributed by atoms with Crippen molar-refractivity contribution in [2.45, 2.75) is 36.7 Å². The van der Waals surface area contributed by atoms with Gasteiger partial charge >= 0.3 is 0 Å². The van der Waals surface area contributed by atoms with Crippen molar-refractivity contribution in [2.75, 3.05) is 5.75 Å². The topological polar surface area (TPSA) is 101 Å². The number of nitrogens with one attached hydrogen (secondary N) is 1. The van der Waals surface area contributed by atoms with Gasteiger partial charge in [0, 0.05) is 23.2 Å². The number of fused-ring (bicyclic) bond motifs is 1. The van der Waals surface area contributed by atoms with Gasteiger partial charge in [0.15, 0.2) is 33.1 Å². The number of aryl methyl sites for hydroxylation is 1. The number of piperidine rings is 1. The quantitative estimate of drug-likeness (QED) is 0.220. The Hall–Kier alpha value is -2.87. The van der Waals surface area contributed by atoms with Gasteiger partial charge in [-0.25, -0.2) is 30.4 Å². The molecule has 33 heavy (non-hydrogen) atoms. The molecule has 1 aromatic carbocycles. The summed E-state index contributed by atoms with van der Waals surface area (Å²) < 4.78 is 92.8. The van der Waals surface area contributed by atoms with Crippen molar-refractivity contribution >= 4 is 38.9 Å². The Morgan fingerprint density at radius 1 is 1.00 bits per heavy atom. The smallest absolute Gasteiger partial charge is 0.256 e. The number of hydrogen-bond donors (Lipinski definition) is 1. The van der Waals surface area contributed by atoms with Crippen molar-refractivity contribution in [3.63, 3.8) is 0 Å². The molecule has 3 heterocycles. The molecule has 176 valence electrons. The van der Waals surface area contributed by atoms with Crippen molar-refractivity contribution in [1.82, 2.24) is 10.2 Å². The van der Waals surface area contributed by atoms with Crippen LogP contribution in [0.2, 0.25) is 0 Å². The molecule has 0 bridgehead atoms. The molecule has 1 atom stereocenters. The predicted molar refractivity (Wildman–Crippen MR) is 102 cm³/mol. The maximum absolute atomic E-state index is 13.9. The van der Waals surface area contributed by atoms with Crippen molar-refractivity contribution in [1.29, 1.82) is 0 Å². The van der Waals surface area contributed by atoms with Crippen LogP contribution in [0.5, 0.6) is 0 Å². The molecule has 1 saturated heterocycles. The normalized spacial score (nSPS) is 18.6. The molecule has 0 spiro atoms. The molecule has 3 amide bonds. The number of amides is 3. The molecule has 7 nitrogen and oxygen atoms in total. The summed E-state index contributed by atoms with van der Waals surface area (Å²) in [6.07, 6.45) is -0.202. The van der Waals surface area contributed by atoms with Crippen molar-refractivity contribution in [3.8, 4) is 0 Å². The SMILES string of the molecule is O=C1CCC(N2Cc3c(csc3CCS(=O)(=O)c3c(F)c(F)c(F)c(F)c3F)C2=O)C(=O)N1. The van der Waals surface area contributed by atoms with Crippen LogP contribution >= 0.6 is 11.3 Å². The first-order chi connectivity index (χ1) is 15.4. The fraction of sp³-hybridized carbons (Fsp3) is 0.316. The highest BCUT2D eigenvalue weighted by Crippen LogP contribution is 2.35. The van der Waals surface area contributed by atoms with Gasteiger partial charge in [-0.15, -0.1) is 11.3 Å². The van der Waals surface area contributed by atoms with E-state index in [4.69, 9.17) is 0 Å². The largest absolute Gasteiger partial charge is 0.322 e. The van der Waals surface area contributed by atoms with E-state index in [1.165, 1.54) is 10.3 Å². The lowest BCUT2D eigenvalue weighted by Gasteiger charge is -2.29. The molecule has 4 rings (SSSR count). The number of halogens is 5. The van der Waals surface area contributed by atoms with Crippen LogP contribution in [0.1, 0.15) is 33.6 Å². The summed E-state index contributed by atoms with van der Waals surface area (Å²) in [7, 11) is -4.93. The summed E-state index contributed by atoms with van der Waals surface area (Å²) in [6, 6.07) is -0.891. The number of sulfone groups is 1. The molecule has 0 radical (unpaired) electrons. The third-order valence-corrected chi connectivity index (χ3v) is 8.28. The second-order valence-corrected chi connectivity index (χ2v) is 10.4. The first-order valence-electron chi connectivity index (χ1n) is 9.42. The fourth-order valence-corrected chi connectivity index (χ4v) is 6.37. The molecule has 0 saturated carbocycles. The van der Waals surface area contributed by atoms with Crippen molar-refractivity contribution < 1.29 is 44.8 Å². The number of nitrogens with zero attached hydrogens (tertiary/aromatic N) is 1. The van der Waals surface area contributed by atoms with Crippen LogP contribution in [0.3, 0.4) is 0 Å². The third kappa shape index (κ3) is 3.80. The van der Waals surface area contributed by atoms with Gasteiger partial charge in [-0.1, -0.05) is 0 Å². The van der Waals surface area contributed by atoms with E-state index in [1.54, 1.807) is 0 Å². The van der Waals surface area contributed by atoms with Gasteiger partial charge in [-0.05, 0) is 18.4 Å². The Balaban J connectivity index is 1.56. The number of thiophene rings is 1. The summed E-state index contributed by atoms with van der Waals surface area (Å²) >= 11 is 0.996. The van der Waals surface area contributed by atoms with Gasteiger partial charge in [0.2, 0.25) is 17.6 Å². The second kappa shape index (κ2) is 8.17. The third-order valence-electron chi connectivity index (χ3n) is 5.47. The average molecular weight is 508 g/mol. The van der Waals surface area contributed by atoms with E-state index in [2.05, 4.69) is 5.32 Å². The molecule has 14 heteroatoms. The molecule has 1 fully saturated rings. The summed E-state index contributed by atoms with van der Waals surface area (Å²) in [5.41, 5.74) is 0.621. The summed E-state index contributed by atoms with van der Waals surface area (Å²) in [5.74, 6) is -14.7. The van der Waals surface area contributed by atoms with Crippen LogP contribution < -0.4 is 5.32 Å². The minimum atomic E-state index is -4.93. The van der Waals surface area contributed by atoms with Crippen LogP contribution in [0.25, 0.3) is 0 Å². The zero-order chi connectivity index (χ0) is 24.2. The first-order valence-corrected chi connectivity index (χ1v) is 11.9. The van der Waals surface area contributed by atoms with Crippen LogP contribution in [0.4, 0.5) is 22.0 Å². The first kappa shape index (κ1) is 23.3. The fourth-order valence-electron chi connectivity index (χ4n) is 3.80. The second-order valence-electron chi connectivity index (χ2n) is 7.42. The summed E-state index contributed by atoms with van der Waals surface area (Å²) in [4.78, 5) is 35.8. The van der Waals surface area contributed by atoms with Gasteiger partial charge in [-0.2, -0.15) is 0 Å². The van der Waals surface area contributed by atoms with Crippen molar-refractivity contribution in [2.24, 2.45) is 0 Å². The van der Waals surface area contributed by atoms with E-state index in [1.807, 2.05) is 0 Å². The lowest BCUT2D eigenvalue weighted by atomic mass is 10.0. The van der Waals surface area contributed by atoms with E-state index in [0.29, 0.717) is 10.4 Å². The highest BCUT2D eigenvalue weighted by Gasteiger charge is 2.41. The van der Waals surface area contributed by atoms with E-state index < -0.39 is 73.3 Å². The number of benzene rings is 1. The van der Waals surface area contributed by atoms with Gasteiger partial charge in [0.25, 0.3) is 5.91 Å². The summed E-state index contributed by atoms with van der Waals surface area (Å²) in [5, 5.41) is 3.57. The lowest BCUT2D eigenvalue weighted by Crippen LogP contribution is -2.52. The lowest BCUT2D eigenvalue weighted by molar-refractivity contribution is -0.136. The van der Waals surface area contributed by atoms with Gasteiger partial charge in [-0.3, -0.25) is 19.7 Å². The zero-order valence-corrected chi connectivity index (χ0v) is 18.0. The van der Waals surface area contributed by atoms with E-state index in [-0.39, 0.29) is 31.4 Å². The van der Waals surface area contributed by atoms with E-state index in [0.717, 1.165) is 11.3 Å². The Morgan fingerprint density at radius 2 is 1.61 bits per heavy atom. The molecule has 1 aromatic heterocycles. The molecule has 2 aliphatic rings. The molecule has 2 aromatic rings. The molecule has 2 aliphatic heterocycles. The van der Waals surface area contributed by atoms with Gasteiger partial charge in [0.05, 0.1) is 11.3 Å². The molecular formula is C19H13F5N2O5S2. The molecule has 0 aliphatic carbocycles. The highest BCUT2D eigenvalue weighted by molar-refractivity contribution is 7.91. The van der Waals surface area contributed by atoms with Gasteiger partial charge in [0.1, 0.15) is 10.9 Å². The molecule has 1 N–H and O–H groups in total. The Kier molecular flexibility index (Phi) is 5.76. The average Bonchev–Trinajstić information content (AvgIpc) is 3.29. The predicted octanol–water partition coefficient (Wildman–Crippen LogP) is 2.22. The van der Waals surface area contributed by atoms with E-state index in [9.17, 15) is 44.8 Å².